The van der Waals surface area contributed by atoms with Gasteiger partial charge in [-0.15, -0.1) is 0 Å². The van der Waals surface area contributed by atoms with Gasteiger partial charge < -0.3 is 4.74 Å². The number of ketones is 1. The van der Waals surface area contributed by atoms with Crippen molar-refractivity contribution in [2.45, 2.75) is 37.8 Å². The maximum Gasteiger partial charge on any atom is 0.449 e. The molecule has 0 radical (unpaired) electrons. The van der Waals surface area contributed by atoms with E-state index in [2.05, 4.69) is 0 Å². The molecule has 0 saturated heterocycles. The highest BCUT2D eigenvalue weighted by atomic mass is 35.5. The third-order valence-electron chi connectivity index (χ3n) is 6.11. The lowest BCUT2D eigenvalue weighted by atomic mass is 9.88. The van der Waals surface area contributed by atoms with Crippen LogP contribution in [-0.2, 0) is 20.7 Å². The average molecular weight is 586 g/mol. The van der Waals surface area contributed by atoms with Crippen molar-refractivity contribution in [3.05, 3.63) is 99.5 Å². The monoisotopic (exact) mass is 584 g/mol. The van der Waals surface area contributed by atoms with E-state index in [4.69, 9.17) is 27.9 Å². The number of carbonyl (C=O) groups is 1. The van der Waals surface area contributed by atoms with Crippen LogP contribution in [0.25, 0.3) is 0 Å². The second-order valence-electron chi connectivity index (χ2n) is 9.09. The van der Waals surface area contributed by atoms with Gasteiger partial charge in [0.15, 0.2) is 0 Å². The minimum absolute atomic E-state index is 0.00337. The van der Waals surface area contributed by atoms with E-state index < -0.39 is 27.9 Å². The van der Waals surface area contributed by atoms with Gasteiger partial charge in [0.1, 0.15) is 5.75 Å². The van der Waals surface area contributed by atoms with Gasteiger partial charge in [0.2, 0.25) is 5.78 Å². The largest absolute Gasteiger partial charge is 0.493 e. The van der Waals surface area contributed by atoms with Crippen molar-refractivity contribution < 1.29 is 26.9 Å². The SMILES string of the molecule is CS(=O)(=CCCC(c1ccc(Cl)cc1)c1ccc(Cl)cc1)CCOc1ccc(CCC(=O)C(F)(F)F)cc1. The summed E-state index contributed by atoms with van der Waals surface area (Å²) in [5.41, 5.74) is 2.84. The highest BCUT2D eigenvalue weighted by Crippen LogP contribution is 2.31. The number of ether oxygens (including phenoxy) is 1. The van der Waals surface area contributed by atoms with Crippen molar-refractivity contribution in [3.63, 3.8) is 0 Å². The molecule has 38 heavy (non-hydrogen) atoms. The Balaban J connectivity index is 1.54. The van der Waals surface area contributed by atoms with E-state index in [1.54, 1.807) is 30.5 Å². The molecule has 0 N–H and O–H groups in total. The van der Waals surface area contributed by atoms with E-state index in [-0.39, 0.29) is 18.9 Å². The Hall–Kier alpha value is -2.48. The van der Waals surface area contributed by atoms with Crippen molar-refractivity contribution in [2.75, 3.05) is 18.6 Å². The van der Waals surface area contributed by atoms with Crippen LogP contribution in [0.2, 0.25) is 10.0 Å². The van der Waals surface area contributed by atoms with Gasteiger partial charge in [0.05, 0.1) is 12.4 Å². The lowest BCUT2D eigenvalue weighted by Crippen LogP contribution is -2.22. The fraction of sp³-hybridized carbons (Fsp3) is 0.310. The number of hydrogen-bond donors (Lipinski definition) is 0. The summed E-state index contributed by atoms with van der Waals surface area (Å²) >= 11 is 12.1. The van der Waals surface area contributed by atoms with E-state index in [1.165, 1.54) is 0 Å². The zero-order chi connectivity index (χ0) is 27.8. The van der Waals surface area contributed by atoms with Gasteiger partial charge in [-0.05, 0) is 87.2 Å². The van der Waals surface area contributed by atoms with Crippen molar-refractivity contribution >= 4 is 43.9 Å². The standard InChI is InChI=1S/C29H29Cl2F3O3S/c1-38(36,20-18-37-26-15-4-21(5-16-26)6-17-28(35)29(32,33)34)19-2-3-27(22-7-11-24(30)12-8-22)23-9-13-25(31)14-10-23/h4-5,7-16,19,27H,2-3,6,17-18,20H2,1H3. The van der Waals surface area contributed by atoms with E-state index >= 15 is 0 Å². The maximum atomic E-state index is 13.1. The molecule has 3 nitrogen and oxygen atoms in total. The molecule has 204 valence electrons. The zero-order valence-corrected chi connectivity index (χ0v) is 23.2. The van der Waals surface area contributed by atoms with E-state index in [9.17, 15) is 22.2 Å². The van der Waals surface area contributed by atoms with Gasteiger partial charge in [0.25, 0.3) is 0 Å². The number of aryl methyl sites for hydroxylation is 1. The van der Waals surface area contributed by atoms with Crippen LogP contribution in [0.5, 0.6) is 5.75 Å². The van der Waals surface area contributed by atoms with E-state index in [1.807, 2.05) is 53.9 Å². The molecule has 0 spiro atoms. The first-order valence-electron chi connectivity index (χ1n) is 12.1. The molecular weight excluding hydrogens is 556 g/mol. The Bertz CT molecular complexity index is 1270. The van der Waals surface area contributed by atoms with Crippen LogP contribution in [0.3, 0.4) is 0 Å². The summed E-state index contributed by atoms with van der Waals surface area (Å²) in [6.07, 6.45) is -2.29. The van der Waals surface area contributed by atoms with Gasteiger partial charge in [-0.1, -0.05) is 59.6 Å². The number of alkyl halides is 3. The molecule has 0 aromatic heterocycles. The number of halogens is 5. The van der Waals surface area contributed by atoms with Gasteiger partial charge >= 0.3 is 6.18 Å². The molecule has 0 bridgehead atoms. The third-order valence-corrected chi connectivity index (χ3v) is 8.53. The number of rotatable bonds is 12. The fourth-order valence-corrected chi connectivity index (χ4v) is 5.43. The fourth-order valence-electron chi connectivity index (χ4n) is 3.96. The molecule has 3 rings (SSSR count). The van der Waals surface area contributed by atoms with Crippen LogP contribution < -0.4 is 4.74 Å². The van der Waals surface area contributed by atoms with Crippen LogP contribution in [0, 0.1) is 0 Å². The first-order chi connectivity index (χ1) is 17.9. The number of hydrogen-bond acceptors (Lipinski definition) is 3. The molecule has 0 saturated carbocycles. The second-order valence-corrected chi connectivity index (χ2v) is 12.8. The second kappa shape index (κ2) is 13.5. The predicted octanol–water partition coefficient (Wildman–Crippen LogP) is 7.76. The summed E-state index contributed by atoms with van der Waals surface area (Å²) in [7, 11) is -2.25. The Morgan fingerprint density at radius 3 is 1.95 bits per heavy atom. The Morgan fingerprint density at radius 2 is 1.45 bits per heavy atom. The van der Waals surface area contributed by atoms with Crippen molar-refractivity contribution in [1.82, 2.24) is 0 Å². The Kier molecular flexibility index (Phi) is 10.7. The summed E-state index contributed by atoms with van der Waals surface area (Å²) in [5, 5.41) is 3.19. The van der Waals surface area contributed by atoms with Crippen LogP contribution in [0.4, 0.5) is 13.2 Å². The normalized spacial score (nSPS) is 13.2. The molecule has 1 unspecified atom stereocenters. The summed E-state index contributed by atoms with van der Waals surface area (Å²) in [4.78, 5) is 11.0. The summed E-state index contributed by atoms with van der Waals surface area (Å²) in [6.45, 7) is 0.232. The quantitative estimate of drug-likeness (QED) is 0.204. The van der Waals surface area contributed by atoms with Crippen LogP contribution >= 0.6 is 23.2 Å². The summed E-state index contributed by atoms with van der Waals surface area (Å²) < 4.78 is 55.8. The van der Waals surface area contributed by atoms with Crippen LogP contribution in [0.15, 0.2) is 72.8 Å². The lowest BCUT2D eigenvalue weighted by molar-refractivity contribution is -0.171. The Morgan fingerprint density at radius 1 is 0.921 bits per heavy atom. The molecular formula is C29H29Cl2F3O3S. The first-order valence-corrected chi connectivity index (χ1v) is 15.0. The number of carbonyl (C=O) groups excluding carboxylic acids is 1. The van der Waals surface area contributed by atoms with Crippen molar-refractivity contribution in [1.29, 1.82) is 0 Å². The molecule has 0 amide bonds. The highest BCUT2D eigenvalue weighted by Gasteiger charge is 2.37. The molecule has 1 atom stereocenters. The van der Waals surface area contributed by atoms with Crippen molar-refractivity contribution in [2.24, 2.45) is 0 Å². The topological polar surface area (TPSA) is 43.4 Å². The number of benzene rings is 3. The maximum absolute atomic E-state index is 13.1. The molecule has 0 aliphatic carbocycles. The van der Waals surface area contributed by atoms with Crippen molar-refractivity contribution in [3.8, 4) is 5.75 Å². The smallest absolute Gasteiger partial charge is 0.449 e. The molecule has 0 aliphatic rings. The summed E-state index contributed by atoms with van der Waals surface area (Å²) in [5.74, 6) is -0.783. The highest BCUT2D eigenvalue weighted by molar-refractivity contribution is 8.00. The van der Waals surface area contributed by atoms with Crippen LogP contribution in [0.1, 0.15) is 41.9 Å². The van der Waals surface area contributed by atoms with Gasteiger partial charge in [-0.3, -0.25) is 9.00 Å². The van der Waals surface area contributed by atoms with Gasteiger partial charge in [-0.25, -0.2) is 0 Å². The van der Waals surface area contributed by atoms with E-state index in [0.717, 1.165) is 17.5 Å². The van der Waals surface area contributed by atoms with E-state index in [0.29, 0.717) is 33.5 Å². The molecule has 3 aromatic carbocycles. The van der Waals surface area contributed by atoms with Crippen LogP contribution in [-0.4, -0.2) is 40.2 Å². The lowest BCUT2D eigenvalue weighted by Gasteiger charge is -2.18. The molecule has 0 aliphatic heterocycles. The molecule has 0 heterocycles. The summed E-state index contributed by atoms with van der Waals surface area (Å²) in [6, 6.07) is 22.0. The zero-order valence-electron chi connectivity index (χ0n) is 20.8. The molecule has 9 heteroatoms. The number of Topliss-reactive ketones (excluding diaryl/α,β-unsaturated/α-hetero) is 1. The minimum Gasteiger partial charge on any atom is -0.493 e. The molecule has 0 fully saturated rings. The third kappa shape index (κ3) is 9.68. The predicted molar refractivity (Wildman–Crippen MR) is 150 cm³/mol. The Labute approximate surface area is 231 Å². The van der Waals surface area contributed by atoms with Gasteiger partial charge in [0, 0.05) is 28.6 Å². The van der Waals surface area contributed by atoms with Gasteiger partial charge in [-0.2, -0.15) is 13.2 Å². The molecule has 3 aromatic rings. The minimum atomic E-state index is -4.81. The average Bonchev–Trinajstić information content (AvgIpc) is 2.87. The first kappa shape index (κ1) is 30.1.